The molecule has 0 spiro atoms. The van der Waals surface area contributed by atoms with E-state index in [1.54, 1.807) is 0 Å². The van der Waals surface area contributed by atoms with Gasteiger partial charge in [-0.15, -0.1) is 0 Å². The molecular formula is C16H30N2O3. The third kappa shape index (κ3) is 5.57. The van der Waals surface area contributed by atoms with Crippen LogP contribution in [0.25, 0.3) is 0 Å². The number of amides is 1. The molecule has 2 fully saturated rings. The fraction of sp³-hybridized carbons (Fsp3) is 0.938. The Morgan fingerprint density at radius 1 is 1.29 bits per heavy atom. The number of likely N-dealkylation sites (N-methyl/N-ethyl adjacent to an activating group) is 1. The van der Waals surface area contributed by atoms with Gasteiger partial charge in [0.05, 0.1) is 24.9 Å². The number of carbonyl (C=O) groups excluding carboxylic acids is 1. The van der Waals surface area contributed by atoms with Crippen molar-refractivity contribution in [3.8, 4) is 0 Å². The summed E-state index contributed by atoms with van der Waals surface area (Å²) in [6.45, 7) is 7.88. The van der Waals surface area contributed by atoms with Crippen molar-refractivity contribution < 1.29 is 14.3 Å². The Morgan fingerprint density at radius 2 is 2.00 bits per heavy atom. The summed E-state index contributed by atoms with van der Waals surface area (Å²) >= 11 is 0. The van der Waals surface area contributed by atoms with E-state index in [2.05, 4.69) is 4.90 Å². The summed E-state index contributed by atoms with van der Waals surface area (Å²) in [5.74, 6) is 0.219. The molecule has 0 aliphatic carbocycles. The van der Waals surface area contributed by atoms with Crippen molar-refractivity contribution in [1.82, 2.24) is 9.80 Å². The molecule has 2 rings (SSSR count). The van der Waals surface area contributed by atoms with Gasteiger partial charge in [-0.1, -0.05) is 0 Å². The van der Waals surface area contributed by atoms with Crippen LogP contribution in [-0.4, -0.2) is 73.9 Å². The monoisotopic (exact) mass is 298 g/mol. The second-order valence-corrected chi connectivity index (χ2v) is 6.57. The highest BCUT2D eigenvalue weighted by Crippen LogP contribution is 2.17. The third-order valence-electron chi connectivity index (χ3n) is 4.27. The fourth-order valence-electron chi connectivity index (χ4n) is 3.25. The lowest BCUT2D eigenvalue weighted by atomic mass is 10.1. The zero-order valence-corrected chi connectivity index (χ0v) is 13.7. The van der Waals surface area contributed by atoms with Crippen LogP contribution < -0.4 is 0 Å². The third-order valence-corrected chi connectivity index (χ3v) is 4.27. The van der Waals surface area contributed by atoms with Crippen LogP contribution in [0.15, 0.2) is 0 Å². The molecule has 0 bridgehead atoms. The van der Waals surface area contributed by atoms with Gasteiger partial charge in [0.15, 0.2) is 0 Å². The van der Waals surface area contributed by atoms with Gasteiger partial charge < -0.3 is 14.4 Å². The Labute approximate surface area is 128 Å². The average Bonchev–Trinajstić information content (AvgIpc) is 2.90. The van der Waals surface area contributed by atoms with Gasteiger partial charge in [-0.05, 0) is 53.1 Å². The maximum Gasteiger partial charge on any atom is 0.236 e. The minimum atomic E-state index is 0.141. The smallest absolute Gasteiger partial charge is 0.236 e. The van der Waals surface area contributed by atoms with E-state index < -0.39 is 0 Å². The van der Waals surface area contributed by atoms with E-state index in [0.717, 1.165) is 26.0 Å². The minimum absolute atomic E-state index is 0.141. The molecular weight excluding hydrogens is 268 g/mol. The molecule has 3 atom stereocenters. The maximum absolute atomic E-state index is 12.3. The first kappa shape index (κ1) is 16.7. The van der Waals surface area contributed by atoms with Gasteiger partial charge in [-0.25, -0.2) is 0 Å². The van der Waals surface area contributed by atoms with Gasteiger partial charge in [0.1, 0.15) is 0 Å². The van der Waals surface area contributed by atoms with Crippen LogP contribution in [-0.2, 0) is 14.3 Å². The minimum Gasteiger partial charge on any atom is -0.378 e. The summed E-state index contributed by atoms with van der Waals surface area (Å²) in [6.07, 6.45) is 5.35. The first-order chi connectivity index (χ1) is 10.0. The maximum atomic E-state index is 12.3. The van der Waals surface area contributed by atoms with Crippen molar-refractivity contribution in [3.63, 3.8) is 0 Å². The van der Waals surface area contributed by atoms with E-state index in [1.807, 2.05) is 25.8 Å². The molecule has 2 saturated heterocycles. The van der Waals surface area contributed by atoms with E-state index in [-0.39, 0.29) is 18.1 Å². The average molecular weight is 298 g/mol. The van der Waals surface area contributed by atoms with E-state index in [9.17, 15) is 4.79 Å². The van der Waals surface area contributed by atoms with E-state index in [4.69, 9.17) is 9.47 Å². The summed E-state index contributed by atoms with van der Waals surface area (Å²) in [7, 11) is 2.03. The molecule has 0 aromatic carbocycles. The van der Waals surface area contributed by atoms with Crippen LogP contribution in [0.2, 0.25) is 0 Å². The number of hydrogen-bond donors (Lipinski definition) is 0. The second-order valence-electron chi connectivity index (χ2n) is 6.57. The highest BCUT2D eigenvalue weighted by molar-refractivity contribution is 5.78. The van der Waals surface area contributed by atoms with Gasteiger partial charge in [-0.3, -0.25) is 9.69 Å². The first-order valence-electron chi connectivity index (χ1n) is 8.28. The number of carbonyl (C=O) groups is 1. The number of nitrogens with zero attached hydrogens (tertiary/aromatic N) is 2. The number of hydrogen-bond acceptors (Lipinski definition) is 4. The van der Waals surface area contributed by atoms with Crippen LogP contribution in [0, 0.1) is 0 Å². The molecule has 5 heteroatoms. The summed E-state index contributed by atoms with van der Waals surface area (Å²) in [4.78, 5) is 16.4. The summed E-state index contributed by atoms with van der Waals surface area (Å²) in [5.41, 5.74) is 0. The molecule has 0 aromatic rings. The van der Waals surface area contributed by atoms with Gasteiger partial charge in [0.25, 0.3) is 0 Å². The zero-order valence-electron chi connectivity index (χ0n) is 13.7. The topological polar surface area (TPSA) is 42.0 Å². The van der Waals surface area contributed by atoms with Crippen LogP contribution in [0.3, 0.4) is 0 Å². The Kier molecular flexibility index (Phi) is 6.45. The van der Waals surface area contributed by atoms with Gasteiger partial charge in [-0.2, -0.15) is 0 Å². The van der Waals surface area contributed by atoms with Crippen LogP contribution in [0.4, 0.5) is 0 Å². The number of ether oxygens (including phenoxy) is 2. The van der Waals surface area contributed by atoms with Crippen molar-refractivity contribution in [2.75, 3.05) is 39.8 Å². The van der Waals surface area contributed by atoms with Crippen molar-refractivity contribution in [1.29, 1.82) is 0 Å². The van der Waals surface area contributed by atoms with Crippen LogP contribution in [0.5, 0.6) is 0 Å². The van der Waals surface area contributed by atoms with E-state index in [0.29, 0.717) is 25.7 Å². The summed E-state index contributed by atoms with van der Waals surface area (Å²) in [5, 5.41) is 0. The zero-order chi connectivity index (χ0) is 15.2. The lowest BCUT2D eigenvalue weighted by molar-refractivity contribution is -0.144. The normalized spacial score (nSPS) is 30.1. The second kappa shape index (κ2) is 8.11. The molecule has 1 amide bonds. The SMILES string of the molecule is C[C@@H]1CN(C(=O)CN(C)CCCC2CCCO2)C[C@H](C)O1. The Bertz CT molecular complexity index is 321. The largest absolute Gasteiger partial charge is 0.378 e. The standard InChI is InChI=1S/C16H30N2O3/c1-13-10-18(11-14(2)21-13)16(19)12-17(3)8-4-6-15-7-5-9-20-15/h13-15H,4-12H2,1-3H3/t13-,14+,15?. The highest BCUT2D eigenvalue weighted by atomic mass is 16.5. The molecule has 21 heavy (non-hydrogen) atoms. The van der Waals surface area contributed by atoms with Crippen LogP contribution in [0.1, 0.15) is 39.5 Å². The molecule has 0 saturated carbocycles. The predicted molar refractivity (Wildman–Crippen MR) is 82.3 cm³/mol. The predicted octanol–water partition coefficient (Wildman–Crippen LogP) is 1.51. The summed E-state index contributed by atoms with van der Waals surface area (Å²) < 4.78 is 11.3. The van der Waals surface area contributed by atoms with E-state index in [1.165, 1.54) is 12.8 Å². The Balaban J connectivity index is 1.64. The molecule has 0 aromatic heterocycles. The number of morpholine rings is 1. The molecule has 2 aliphatic rings. The molecule has 1 unspecified atom stereocenters. The van der Waals surface area contributed by atoms with E-state index >= 15 is 0 Å². The lowest BCUT2D eigenvalue weighted by Crippen LogP contribution is -2.50. The molecule has 2 aliphatic heterocycles. The molecule has 0 radical (unpaired) electrons. The lowest BCUT2D eigenvalue weighted by Gasteiger charge is -2.36. The van der Waals surface area contributed by atoms with Crippen LogP contribution >= 0.6 is 0 Å². The summed E-state index contributed by atoms with van der Waals surface area (Å²) in [6, 6.07) is 0. The Hall–Kier alpha value is -0.650. The molecule has 0 N–H and O–H groups in total. The molecule has 122 valence electrons. The highest BCUT2D eigenvalue weighted by Gasteiger charge is 2.26. The van der Waals surface area contributed by atoms with Gasteiger partial charge in [0, 0.05) is 19.7 Å². The fourth-order valence-corrected chi connectivity index (χ4v) is 3.25. The van der Waals surface area contributed by atoms with Crippen molar-refractivity contribution >= 4 is 5.91 Å². The number of rotatable bonds is 6. The van der Waals surface area contributed by atoms with Gasteiger partial charge >= 0.3 is 0 Å². The molecule has 5 nitrogen and oxygen atoms in total. The van der Waals surface area contributed by atoms with Crippen molar-refractivity contribution in [3.05, 3.63) is 0 Å². The Morgan fingerprint density at radius 3 is 2.62 bits per heavy atom. The first-order valence-corrected chi connectivity index (χ1v) is 8.28. The quantitative estimate of drug-likeness (QED) is 0.745. The van der Waals surface area contributed by atoms with Crippen molar-refractivity contribution in [2.24, 2.45) is 0 Å². The molecule has 2 heterocycles. The van der Waals surface area contributed by atoms with Crippen molar-refractivity contribution in [2.45, 2.75) is 57.8 Å². The van der Waals surface area contributed by atoms with Gasteiger partial charge in [0.2, 0.25) is 5.91 Å².